The van der Waals surface area contributed by atoms with E-state index in [9.17, 15) is 22.8 Å². The number of rotatable bonds is 19. The molecule has 1 atom stereocenters. The zero-order valence-corrected chi connectivity index (χ0v) is 26.1. The van der Waals surface area contributed by atoms with Crippen molar-refractivity contribution in [1.29, 1.82) is 0 Å². The van der Waals surface area contributed by atoms with Crippen molar-refractivity contribution in [3.63, 3.8) is 0 Å². The van der Waals surface area contributed by atoms with Crippen LogP contribution in [-0.4, -0.2) is 37.4 Å². The Morgan fingerprint density at radius 3 is 2.09 bits per heavy atom. The summed E-state index contributed by atoms with van der Waals surface area (Å²) in [6.07, 6.45) is 10.4. The molecule has 0 bridgehead atoms. The molecule has 1 aliphatic rings. The fourth-order valence-corrected chi connectivity index (χ4v) is 5.18. The van der Waals surface area contributed by atoms with E-state index in [0.717, 1.165) is 51.0 Å². The highest BCUT2D eigenvalue weighted by Gasteiger charge is 2.27. The second-order valence-electron chi connectivity index (χ2n) is 11.6. The summed E-state index contributed by atoms with van der Waals surface area (Å²) in [5, 5.41) is 0. The molecule has 0 spiro atoms. The number of benzene rings is 2. The van der Waals surface area contributed by atoms with E-state index in [1.807, 2.05) is 6.92 Å². The van der Waals surface area contributed by atoms with Crippen LogP contribution >= 0.6 is 0 Å². The molecular weight excluding hydrogens is 573 g/mol. The molecule has 6 nitrogen and oxygen atoms in total. The lowest BCUT2D eigenvalue weighted by molar-refractivity contribution is -0.157. The third-order valence-corrected chi connectivity index (χ3v) is 7.94. The van der Waals surface area contributed by atoms with Crippen LogP contribution in [-0.2, 0) is 9.53 Å². The molecule has 0 N–H and O–H groups in total. The summed E-state index contributed by atoms with van der Waals surface area (Å²) in [6.45, 7) is 4.85. The van der Waals surface area contributed by atoms with Crippen LogP contribution in [0, 0.1) is 17.6 Å². The summed E-state index contributed by atoms with van der Waals surface area (Å²) in [4.78, 5) is 24.5. The average molecular weight is 621 g/mol. The predicted molar refractivity (Wildman–Crippen MR) is 163 cm³/mol. The predicted octanol–water partition coefficient (Wildman–Crippen LogP) is 9.32. The van der Waals surface area contributed by atoms with Crippen molar-refractivity contribution in [1.82, 2.24) is 0 Å². The second kappa shape index (κ2) is 19.2. The molecule has 2 aromatic rings. The normalized spacial score (nSPS) is 17.1. The van der Waals surface area contributed by atoms with Gasteiger partial charge < -0.3 is 18.9 Å². The molecular formula is C35H47F3O6. The third kappa shape index (κ3) is 11.7. The lowest BCUT2D eigenvalue weighted by atomic mass is 9.88. The SMILES string of the molecule is CCCCCCCCCOc1ccc(C(=O)Oc2ccc(OCC3CCC(OC(=O)[C@@H](F)CCCC)CC3)cc2)c(F)c1F. The van der Waals surface area contributed by atoms with Crippen LogP contribution in [0.2, 0.25) is 0 Å². The molecule has 1 saturated carbocycles. The summed E-state index contributed by atoms with van der Waals surface area (Å²) in [6, 6.07) is 8.70. The van der Waals surface area contributed by atoms with E-state index in [2.05, 4.69) is 6.92 Å². The molecule has 1 fully saturated rings. The Hall–Kier alpha value is -3.23. The first-order valence-electron chi connectivity index (χ1n) is 16.2. The van der Waals surface area contributed by atoms with E-state index >= 15 is 0 Å². The van der Waals surface area contributed by atoms with Crippen LogP contribution in [0.25, 0.3) is 0 Å². The molecule has 0 amide bonds. The zero-order valence-electron chi connectivity index (χ0n) is 26.1. The largest absolute Gasteiger partial charge is 0.493 e. The molecule has 0 aromatic heterocycles. The highest BCUT2D eigenvalue weighted by atomic mass is 19.2. The number of carbonyl (C=O) groups is 2. The summed E-state index contributed by atoms with van der Waals surface area (Å²) in [5.41, 5.74) is -0.518. The minimum Gasteiger partial charge on any atom is -0.493 e. The van der Waals surface area contributed by atoms with Crippen molar-refractivity contribution < 1.29 is 41.7 Å². The van der Waals surface area contributed by atoms with Crippen molar-refractivity contribution in [3.8, 4) is 17.2 Å². The first-order valence-corrected chi connectivity index (χ1v) is 16.2. The van der Waals surface area contributed by atoms with Crippen molar-refractivity contribution in [2.24, 2.45) is 5.92 Å². The Bertz CT molecular complexity index is 1150. The van der Waals surface area contributed by atoms with Gasteiger partial charge in [-0.2, -0.15) is 4.39 Å². The number of ether oxygens (including phenoxy) is 4. The monoisotopic (exact) mass is 620 g/mol. The Morgan fingerprint density at radius 1 is 0.773 bits per heavy atom. The number of alkyl halides is 1. The summed E-state index contributed by atoms with van der Waals surface area (Å²) in [5.74, 6) is -3.53. The molecule has 0 heterocycles. The van der Waals surface area contributed by atoms with Gasteiger partial charge in [-0.1, -0.05) is 65.2 Å². The zero-order chi connectivity index (χ0) is 31.7. The number of unbranched alkanes of at least 4 members (excludes halogenated alkanes) is 7. The Morgan fingerprint density at radius 2 is 1.41 bits per heavy atom. The maximum atomic E-state index is 14.7. The van der Waals surface area contributed by atoms with Crippen molar-refractivity contribution in [3.05, 3.63) is 53.6 Å². The van der Waals surface area contributed by atoms with Crippen LogP contribution < -0.4 is 14.2 Å². The molecule has 0 radical (unpaired) electrons. The van der Waals surface area contributed by atoms with Crippen LogP contribution in [0.1, 0.15) is 114 Å². The summed E-state index contributed by atoms with van der Waals surface area (Å²) >= 11 is 0. The molecule has 0 aliphatic heterocycles. The van der Waals surface area contributed by atoms with E-state index in [1.165, 1.54) is 37.5 Å². The van der Waals surface area contributed by atoms with Gasteiger partial charge in [-0.25, -0.2) is 18.4 Å². The third-order valence-electron chi connectivity index (χ3n) is 7.94. The fourth-order valence-electron chi connectivity index (χ4n) is 5.18. The van der Waals surface area contributed by atoms with Gasteiger partial charge in [0.25, 0.3) is 0 Å². The van der Waals surface area contributed by atoms with E-state index in [0.29, 0.717) is 31.6 Å². The number of hydrogen-bond acceptors (Lipinski definition) is 6. The van der Waals surface area contributed by atoms with Gasteiger partial charge in [0.15, 0.2) is 17.7 Å². The van der Waals surface area contributed by atoms with Crippen molar-refractivity contribution in [2.45, 2.75) is 116 Å². The Kier molecular flexibility index (Phi) is 15.4. The van der Waals surface area contributed by atoms with E-state index in [4.69, 9.17) is 18.9 Å². The molecule has 2 aromatic carbocycles. The molecule has 1 aliphatic carbocycles. The maximum absolute atomic E-state index is 14.7. The first kappa shape index (κ1) is 35.3. The molecule has 9 heteroatoms. The van der Waals surface area contributed by atoms with Crippen LogP contribution in [0.5, 0.6) is 17.2 Å². The van der Waals surface area contributed by atoms with Crippen molar-refractivity contribution >= 4 is 11.9 Å². The van der Waals surface area contributed by atoms with Gasteiger partial charge in [-0.05, 0) is 80.8 Å². The summed E-state index contributed by atoms with van der Waals surface area (Å²) < 4.78 is 65.0. The molecule has 244 valence electrons. The summed E-state index contributed by atoms with van der Waals surface area (Å²) in [7, 11) is 0. The van der Waals surface area contributed by atoms with Crippen LogP contribution in [0.4, 0.5) is 13.2 Å². The Balaban J connectivity index is 1.38. The average Bonchev–Trinajstić information content (AvgIpc) is 3.03. The van der Waals surface area contributed by atoms with E-state index in [-0.39, 0.29) is 36.5 Å². The first-order chi connectivity index (χ1) is 21.3. The molecule has 0 unspecified atom stereocenters. The standard InChI is InChI=1S/C35H47F3O6/c1-3-5-7-8-9-10-11-23-41-31-22-21-29(32(37)33(31)38)34(39)43-28-19-17-26(18-20-28)42-24-25-13-15-27(16-14-25)44-35(40)30(36)12-6-4-2/h17-22,25,27,30H,3-16,23-24H2,1-2H3/t25?,27?,30-/m0/s1. The van der Waals surface area contributed by atoms with Gasteiger partial charge in [0.05, 0.1) is 18.8 Å². The minimum absolute atomic E-state index is 0.161. The van der Waals surface area contributed by atoms with Gasteiger partial charge in [0, 0.05) is 0 Å². The minimum atomic E-state index is -1.55. The van der Waals surface area contributed by atoms with E-state index in [1.54, 1.807) is 12.1 Å². The molecule has 3 rings (SSSR count). The maximum Gasteiger partial charge on any atom is 0.346 e. The molecule has 0 saturated heterocycles. The van der Waals surface area contributed by atoms with Crippen molar-refractivity contribution in [2.75, 3.05) is 13.2 Å². The Labute approximate surface area is 259 Å². The smallest absolute Gasteiger partial charge is 0.346 e. The highest BCUT2D eigenvalue weighted by molar-refractivity contribution is 5.91. The lowest BCUT2D eigenvalue weighted by Crippen LogP contribution is -2.30. The highest BCUT2D eigenvalue weighted by Crippen LogP contribution is 2.29. The number of carbonyl (C=O) groups excluding carboxylic acids is 2. The number of esters is 2. The van der Waals surface area contributed by atoms with Crippen LogP contribution in [0.3, 0.4) is 0 Å². The quantitative estimate of drug-likeness (QED) is 0.0886. The number of hydrogen-bond donors (Lipinski definition) is 0. The van der Waals surface area contributed by atoms with Crippen LogP contribution in [0.15, 0.2) is 36.4 Å². The molecule has 44 heavy (non-hydrogen) atoms. The topological polar surface area (TPSA) is 71.1 Å². The lowest BCUT2D eigenvalue weighted by Gasteiger charge is -2.28. The van der Waals surface area contributed by atoms with Gasteiger partial charge in [0.2, 0.25) is 5.82 Å². The van der Waals surface area contributed by atoms with Gasteiger partial charge >= 0.3 is 11.9 Å². The van der Waals surface area contributed by atoms with E-state index < -0.39 is 35.3 Å². The second-order valence-corrected chi connectivity index (χ2v) is 11.6. The number of halogens is 3. The van der Waals surface area contributed by atoms with Gasteiger partial charge in [-0.15, -0.1) is 0 Å². The fraction of sp³-hybridized carbons (Fsp3) is 0.600. The van der Waals surface area contributed by atoms with Gasteiger partial charge in [0.1, 0.15) is 17.6 Å². The van der Waals surface area contributed by atoms with Gasteiger partial charge in [-0.3, -0.25) is 0 Å².